The number of amides is 2. The highest BCUT2D eigenvalue weighted by Crippen LogP contribution is 2.06. The largest absolute Gasteiger partial charge is 0.456 e. The van der Waals surface area contributed by atoms with Gasteiger partial charge in [-0.3, -0.25) is 4.79 Å². The van der Waals surface area contributed by atoms with Gasteiger partial charge in [0.25, 0.3) is 0 Å². The summed E-state index contributed by atoms with van der Waals surface area (Å²) in [5.74, 6) is -1.23. The molecule has 8 heteroatoms. The fourth-order valence-electron chi connectivity index (χ4n) is 1.64. The van der Waals surface area contributed by atoms with Crippen LogP contribution >= 0.6 is 11.8 Å². The lowest BCUT2D eigenvalue weighted by Gasteiger charge is -2.15. The van der Waals surface area contributed by atoms with Crippen LogP contribution in [0.4, 0.5) is 9.18 Å². The summed E-state index contributed by atoms with van der Waals surface area (Å²) in [5.41, 5.74) is 5.10. The minimum Gasteiger partial charge on any atom is -0.456 e. The lowest BCUT2D eigenvalue weighted by Crippen LogP contribution is -2.45. The van der Waals surface area contributed by atoms with Crippen LogP contribution in [0.25, 0.3) is 0 Å². The molecule has 1 atom stereocenters. The molecule has 0 bridgehead atoms. The van der Waals surface area contributed by atoms with Gasteiger partial charge in [0, 0.05) is 5.56 Å². The number of carbonyl (C=O) groups excluding carboxylic acids is 3. The van der Waals surface area contributed by atoms with Gasteiger partial charge in [0.2, 0.25) is 0 Å². The van der Waals surface area contributed by atoms with Gasteiger partial charge < -0.3 is 15.8 Å². The predicted octanol–water partition coefficient (Wildman–Crippen LogP) is 1.34. The van der Waals surface area contributed by atoms with Crippen LogP contribution in [0.5, 0.6) is 0 Å². The van der Waals surface area contributed by atoms with E-state index in [-0.39, 0.29) is 5.56 Å². The molecule has 6 nitrogen and oxygen atoms in total. The Bertz CT molecular complexity index is 553. The maximum Gasteiger partial charge on any atom is 0.329 e. The third kappa shape index (κ3) is 6.13. The fraction of sp³-hybridized carbons (Fsp3) is 0.357. The van der Waals surface area contributed by atoms with E-state index in [9.17, 15) is 18.8 Å². The standard InChI is InChI=1S/C14H17FN2O4S/c1-22-6-5-11(17-14(16)20)13(19)21-8-12(18)9-3-2-4-10(15)7-9/h2-4,7,11H,5-6,8H2,1H3,(H3,16,17,20)/t11-/m0/s1. The quantitative estimate of drug-likeness (QED) is 0.554. The minimum absolute atomic E-state index is 0.108. The van der Waals surface area contributed by atoms with Gasteiger partial charge in [0.1, 0.15) is 11.9 Å². The van der Waals surface area contributed by atoms with Crippen LogP contribution in [0, 0.1) is 5.82 Å². The monoisotopic (exact) mass is 328 g/mol. The van der Waals surface area contributed by atoms with E-state index in [0.29, 0.717) is 12.2 Å². The molecular formula is C14H17FN2O4S. The molecule has 0 aliphatic rings. The first-order valence-electron chi connectivity index (χ1n) is 6.44. The van der Waals surface area contributed by atoms with Crippen LogP contribution in [0.15, 0.2) is 24.3 Å². The Morgan fingerprint density at radius 2 is 2.14 bits per heavy atom. The summed E-state index contributed by atoms with van der Waals surface area (Å²) in [6.07, 6.45) is 2.18. The second-order valence-electron chi connectivity index (χ2n) is 4.38. The molecular weight excluding hydrogens is 311 g/mol. The number of hydrogen-bond donors (Lipinski definition) is 2. The van der Waals surface area contributed by atoms with Crippen LogP contribution in [0.3, 0.4) is 0 Å². The molecule has 0 radical (unpaired) electrons. The van der Waals surface area contributed by atoms with Crippen molar-refractivity contribution in [2.45, 2.75) is 12.5 Å². The van der Waals surface area contributed by atoms with Crippen molar-refractivity contribution in [3.8, 4) is 0 Å². The number of benzene rings is 1. The second-order valence-corrected chi connectivity index (χ2v) is 5.37. The van der Waals surface area contributed by atoms with E-state index in [4.69, 9.17) is 10.5 Å². The number of ether oxygens (including phenoxy) is 1. The van der Waals surface area contributed by atoms with Crippen molar-refractivity contribution in [2.75, 3.05) is 18.6 Å². The second kappa shape index (κ2) is 9.04. The van der Waals surface area contributed by atoms with Gasteiger partial charge in [0.05, 0.1) is 0 Å². The molecule has 0 fully saturated rings. The van der Waals surface area contributed by atoms with Gasteiger partial charge in [-0.1, -0.05) is 12.1 Å². The highest BCUT2D eigenvalue weighted by atomic mass is 32.2. The van der Waals surface area contributed by atoms with E-state index >= 15 is 0 Å². The summed E-state index contributed by atoms with van der Waals surface area (Å²) >= 11 is 1.49. The van der Waals surface area contributed by atoms with Crippen molar-refractivity contribution in [1.29, 1.82) is 0 Å². The summed E-state index contributed by atoms with van der Waals surface area (Å²) in [6, 6.07) is 3.32. The molecule has 22 heavy (non-hydrogen) atoms. The van der Waals surface area contributed by atoms with Gasteiger partial charge in [0.15, 0.2) is 12.4 Å². The average Bonchev–Trinajstić information content (AvgIpc) is 2.48. The third-order valence-electron chi connectivity index (χ3n) is 2.70. The molecule has 2 amide bonds. The Morgan fingerprint density at radius 1 is 1.41 bits per heavy atom. The topological polar surface area (TPSA) is 98.5 Å². The number of Topliss-reactive ketones (excluding diaryl/α,β-unsaturated/α-hetero) is 1. The van der Waals surface area contributed by atoms with Gasteiger partial charge in [-0.05, 0) is 30.6 Å². The lowest BCUT2D eigenvalue weighted by atomic mass is 10.1. The Labute approximate surface area is 131 Å². The predicted molar refractivity (Wildman–Crippen MR) is 81.2 cm³/mol. The van der Waals surface area contributed by atoms with E-state index in [2.05, 4.69) is 5.32 Å². The number of halogens is 1. The first kappa shape index (κ1) is 18.0. The Hall–Kier alpha value is -2.09. The first-order chi connectivity index (χ1) is 10.4. The maximum absolute atomic E-state index is 13.0. The third-order valence-corrected chi connectivity index (χ3v) is 3.35. The van der Waals surface area contributed by atoms with Crippen LogP contribution in [0.1, 0.15) is 16.8 Å². The molecule has 120 valence electrons. The number of carbonyl (C=O) groups is 3. The summed E-state index contributed by atoms with van der Waals surface area (Å²) in [4.78, 5) is 34.5. The molecule has 0 spiro atoms. The number of ketones is 1. The highest BCUT2D eigenvalue weighted by Gasteiger charge is 2.22. The maximum atomic E-state index is 13.0. The molecule has 0 saturated heterocycles. The van der Waals surface area contributed by atoms with E-state index < -0.39 is 36.2 Å². The van der Waals surface area contributed by atoms with Crippen LogP contribution in [-0.2, 0) is 9.53 Å². The van der Waals surface area contributed by atoms with Crippen molar-refractivity contribution in [2.24, 2.45) is 5.73 Å². The molecule has 0 heterocycles. The van der Waals surface area contributed by atoms with Crippen LogP contribution in [-0.4, -0.2) is 42.4 Å². The van der Waals surface area contributed by atoms with E-state index in [1.807, 2.05) is 6.26 Å². The van der Waals surface area contributed by atoms with Crippen molar-refractivity contribution >= 4 is 29.5 Å². The zero-order chi connectivity index (χ0) is 16.5. The van der Waals surface area contributed by atoms with E-state index in [1.165, 1.54) is 30.0 Å². The number of urea groups is 1. The number of hydrogen-bond acceptors (Lipinski definition) is 5. The summed E-state index contributed by atoms with van der Waals surface area (Å²) in [5, 5.41) is 2.27. The zero-order valence-corrected chi connectivity index (χ0v) is 12.8. The molecule has 0 saturated carbocycles. The Kier molecular flexibility index (Phi) is 7.38. The molecule has 0 aromatic heterocycles. The summed E-state index contributed by atoms with van der Waals surface area (Å²) in [7, 11) is 0. The molecule has 3 N–H and O–H groups in total. The molecule has 0 aliphatic carbocycles. The molecule has 1 rings (SSSR count). The Morgan fingerprint density at radius 3 is 2.73 bits per heavy atom. The van der Waals surface area contributed by atoms with E-state index in [1.54, 1.807) is 0 Å². The van der Waals surface area contributed by atoms with Crippen molar-refractivity contribution in [1.82, 2.24) is 5.32 Å². The van der Waals surface area contributed by atoms with Gasteiger partial charge in [-0.15, -0.1) is 0 Å². The minimum atomic E-state index is -0.912. The normalized spacial score (nSPS) is 11.5. The number of rotatable bonds is 8. The number of thioether (sulfide) groups is 1. The first-order valence-corrected chi connectivity index (χ1v) is 7.83. The zero-order valence-electron chi connectivity index (χ0n) is 12.0. The highest BCUT2D eigenvalue weighted by molar-refractivity contribution is 7.98. The Balaban J connectivity index is 2.58. The molecule has 1 aromatic carbocycles. The number of nitrogens with two attached hydrogens (primary N) is 1. The molecule has 0 unspecified atom stereocenters. The number of primary amides is 1. The van der Waals surface area contributed by atoms with Gasteiger partial charge in [-0.2, -0.15) is 11.8 Å². The smallest absolute Gasteiger partial charge is 0.329 e. The van der Waals surface area contributed by atoms with Crippen molar-refractivity contribution in [3.63, 3.8) is 0 Å². The average molecular weight is 328 g/mol. The molecule has 1 aromatic rings. The van der Waals surface area contributed by atoms with Crippen molar-refractivity contribution in [3.05, 3.63) is 35.6 Å². The van der Waals surface area contributed by atoms with Gasteiger partial charge in [-0.25, -0.2) is 14.0 Å². The van der Waals surface area contributed by atoms with Gasteiger partial charge >= 0.3 is 12.0 Å². The SMILES string of the molecule is CSCC[C@H](NC(N)=O)C(=O)OCC(=O)c1cccc(F)c1. The van der Waals surface area contributed by atoms with Crippen LogP contribution in [0.2, 0.25) is 0 Å². The number of nitrogens with one attached hydrogen (secondary N) is 1. The fourth-order valence-corrected chi connectivity index (χ4v) is 2.11. The summed E-state index contributed by atoms with van der Waals surface area (Å²) in [6.45, 7) is -0.529. The lowest BCUT2D eigenvalue weighted by molar-refractivity contribution is -0.144. The summed E-state index contributed by atoms with van der Waals surface area (Å²) < 4.78 is 17.9. The number of esters is 1. The van der Waals surface area contributed by atoms with Crippen LogP contribution < -0.4 is 11.1 Å². The van der Waals surface area contributed by atoms with Crippen molar-refractivity contribution < 1.29 is 23.5 Å². The van der Waals surface area contributed by atoms with E-state index in [0.717, 1.165) is 6.07 Å². The molecule has 0 aliphatic heterocycles.